The molecule has 0 aromatic carbocycles. The minimum Gasteiger partial charge on any atom is -0.364 e. The van der Waals surface area contributed by atoms with E-state index in [9.17, 15) is 0 Å². The van der Waals surface area contributed by atoms with Crippen LogP contribution in [0.2, 0.25) is 0 Å². The third-order valence-corrected chi connectivity index (χ3v) is 3.18. The molecule has 0 saturated heterocycles. The summed E-state index contributed by atoms with van der Waals surface area (Å²) < 4.78 is 4.03. The van der Waals surface area contributed by atoms with Crippen molar-refractivity contribution in [3.8, 4) is 0 Å². The van der Waals surface area contributed by atoms with E-state index < -0.39 is 0 Å². The van der Waals surface area contributed by atoms with Crippen LogP contribution < -0.4 is 5.32 Å². The number of halogens is 1. The molecule has 0 aliphatic rings. The van der Waals surface area contributed by atoms with E-state index in [0.717, 1.165) is 18.9 Å². The van der Waals surface area contributed by atoms with Crippen molar-refractivity contribution >= 4 is 18.2 Å². The molecule has 0 amide bonds. The molecule has 0 fully saturated rings. The first-order valence-electron chi connectivity index (χ1n) is 7.27. The largest absolute Gasteiger partial charge is 0.364 e. The van der Waals surface area contributed by atoms with Crippen molar-refractivity contribution in [3.63, 3.8) is 0 Å². The first kappa shape index (κ1) is 17.6. The highest BCUT2D eigenvalue weighted by atomic mass is 35.5. The predicted octanol–water partition coefficient (Wildman–Crippen LogP) is 3.66. The highest BCUT2D eigenvalue weighted by molar-refractivity contribution is 5.85. The molecule has 0 unspecified atom stereocenters. The maximum absolute atomic E-state index is 4.59. The van der Waals surface area contributed by atoms with Crippen LogP contribution in [0.3, 0.4) is 0 Å². The Balaban J connectivity index is 0.00000220. The molecule has 2 aromatic rings. The fourth-order valence-electron chi connectivity index (χ4n) is 2.07. The summed E-state index contributed by atoms with van der Waals surface area (Å²) in [6, 6.07) is 2.49. The lowest BCUT2D eigenvalue weighted by molar-refractivity contribution is 0.475. The molecule has 6 heteroatoms. The highest BCUT2D eigenvalue weighted by Crippen LogP contribution is 2.12. The predicted molar refractivity (Wildman–Crippen MR) is 89.0 cm³/mol. The molecule has 2 heterocycles. The van der Waals surface area contributed by atoms with Crippen LogP contribution in [0.25, 0.3) is 0 Å². The quantitative estimate of drug-likeness (QED) is 0.885. The molecular formula is C15H26ClN5. The van der Waals surface area contributed by atoms with Crippen molar-refractivity contribution in [3.05, 3.63) is 29.7 Å². The smallest absolute Gasteiger partial charge is 0.148 e. The standard InChI is InChI=1S/C15H25N5.ClH/c1-11(2)9-20-13(5)6-15(18-20)16-7-14-8-17-19(10-14)12(3)4;/h6,8,10-12H,7,9H2,1-5H3,(H,16,18);1H. The van der Waals surface area contributed by atoms with Gasteiger partial charge in [0, 0.05) is 42.7 Å². The fraction of sp³-hybridized carbons (Fsp3) is 0.600. The second kappa shape index (κ2) is 7.50. The van der Waals surface area contributed by atoms with Crippen molar-refractivity contribution < 1.29 is 0 Å². The molecule has 0 aliphatic heterocycles. The Morgan fingerprint density at radius 2 is 1.95 bits per heavy atom. The molecule has 21 heavy (non-hydrogen) atoms. The molecule has 0 spiro atoms. The number of hydrogen-bond acceptors (Lipinski definition) is 3. The SMILES string of the molecule is Cc1cc(NCc2cnn(C(C)C)c2)nn1CC(C)C.Cl. The van der Waals surface area contributed by atoms with Gasteiger partial charge in [-0.25, -0.2) is 0 Å². The maximum atomic E-state index is 4.59. The monoisotopic (exact) mass is 311 g/mol. The minimum atomic E-state index is 0. The van der Waals surface area contributed by atoms with E-state index in [0.29, 0.717) is 12.0 Å². The van der Waals surface area contributed by atoms with E-state index in [4.69, 9.17) is 0 Å². The van der Waals surface area contributed by atoms with Gasteiger partial charge >= 0.3 is 0 Å². The van der Waals surface area contributed by atoms with E-state index in [1.165, 1.54) is 11.3 Å². The minimum absolute atomic E-state index is 0. The normalized spacial score (nSPS) is 11.0. The second-order valence-electron chi connectivity index (χ2n) is 6.02. The van der Waals surface area contributed by atoms with Crippen molar-refractivity contribution in [1.82, 2.24) is 19.6 Å². The summed E-state index contributed by atoms with van der Waals surface area (Å²) in [7, 11) is 0. The zero-order valence-corrected chi connectivity index (χ0v) is 14.3. The van der Waals surface area contributed by atoms with E-state index in [1.54, 1.807) is 0 Å². The number of nitrogens with zero attached hydrogens (tertiary/aromatic N) is 4. The number of anilines is 1. The van der Waals surface area contributed by atoms with E-state index in [2.05, 4.69) is 67.1 Å². The lowest BCUT2D eigenvalue weighted by atomic mass is 10.2. The molecule has 0 aliphatic carbocycles. The van der Waals surface area contributed by atoms with Gasteiger partial charge < -0.3 is 5.32 Å². The van der Waals surface area contributed by atoms with Crippen molar-refractivity contribution in [2.45, 2.75) is 53.8 Å². The van der Waals surface area contributed by atoms with Gasteiger partial charge in [0.25, 0.3) is 0 Å². The Hall–Kier alpha value is -1.49. The zero-order valence-electron chi connectivity index (χ0n) is 13.5. The van der Waals surface area contributed by atoms with Gasteiger partial charge in [0.1, 0.15) is 5.82 Å². The van der Waals surface area contributed by atoms with Gasteiger partial charge in [-0.15, -0.1) is 12.4 Å². The van der Waals surface area contributed by atoms with Gasteiger partial charge in [-0.2, -0.15) is 10.2 Å². The van der Waals surface area contributed by atoms with Gasteiger partial charge in [-0.05, 0) is 26.7 Å². The number of aromatic nitrogens is 4. The van der Waals surface area contributed by atoms with Crippen LogP contribution in [0, 0.1) is 12.8 Å². The second-order valence-corrected chi connectivity index (χ2v) is 6.02. The van der Waals surface area contributed by atoms with Gasteiger partial charge in [0.05, 0.1) is 6.20 Å². The molecule has 0 saturated carbocycles. The van der Waals surface area contributed by atoms with E-state index >= 15 is 0 Å². The summed E-state index contributed by atoms with van der Waals surface area (Å²) in [5.74, 6) is 1.53. The Morgan fingerprint density at radius 1 is 1.24 bits per heavy atom. The Kier molecular flexibility index (Phi) is 6.27. The summed E-state index contributed by atoms with van der Waals surface area (Å²) in [6.45, 7) is 12.5. The first-order valence-corrected chi connectivity index (χ1v) is 7.27. The lowest BCUT2D eigenvalue weighted by Crippen LogP contribution is -2.08. The molecule has 0 radical (unpaired) electrons. The summed E-state index contributed by atoms with van der Waals surface area (Å²) in [5.41, 5.74) is 2.37. The molecule has 2 aromatic heterocycles. The Labute approximate surface area is 133 Å². The summed E-state index contributed by atoms with van der Waals surface area (Å²) in [5, 5.41) is 12.3. The third-order valence-electron chi connectivity index (χ3n) is 3.18. The van der Waals surface area contributed by atoms with Crippen LogP contribution in [-0.4, -0.2) is 19.6 Å². The zero-order chi connectivity index (χ0) is 14.7. The van der Waals surface area contributed by atoms with Gasteiger partial charge in [-0.1, -0.05) is 13.8 Å². The van der Waals surface area contributed by atoms with Crippen LogP contribution in [0.5, 0.6) is 0 Å². The average molecular weight is 312 g/mol. The maximum Gasteiger partial charge on any atom is 0.148 e. The number of aryl methyl sites for hydroxylation is 1. The molecule has 1 N–H and O–H groups in total. The number of rotatable bonds is 6. The van der Waals surface area contributed by atoms with Crippen LogP contribution >= 0.6 is 12.4 Å². The average Bonchev–Trinajstić information content (AvgIpc) is 2.94. The molecule has 2 rings (SSSR count). The van der Waals surface area contributed by atoms with E-state index in [-0.39, 0.29) is 12.4 Å². The number of nitrogens with one attached hydrogen (secondary N) is 1. The first-order chi connectivity index (χ1) is 9.45. The van der Waals surface area contributed by atoms with Crippen LogP contribution in [0.15, 0.2) is 18.5 Å². The third kappa shape index (κ3) is 4.77. The van der Waals surface area contributed by atoms with Gasteiger partial charge in [0.2, 0.25) is 0 Å². The van der Waals surface area contributed by atoms with Crippen molar-refractivity contribution in [1.29, 1.82) is 0 Å². The Bertz CT molecular complexity index is 556. The molecule has 118 valence electrons. The molecular weight excluding hydrogens is 286 g/mol. The molecule has 5 nitrogen and oxygen atoms in total. The van der Waals surface area contributed by atoms with Crippen LogP contribution in [0.1, 0.15) is 45.0 Å². The van der Waals surface area contributed by atoms with Crippen molar-refractivity contribution in [2.75, 3.05) is 5.32 Å². The van der Waals surface area contributed by atoms with E-state index in [1.807, 2.05) is 10.9 Å². The summed E-state index contributed by atoms with van der Waals surface area (Å²) in [4.78, 5) is 0. The van der Waals surface area contributed by atoms with Crippen molar-refractivity contribution in [2.24, 2.45) is 5.92 Å². The molecule has 0 bridgehead atoms. The lowest BCUT2D eigenvalue weighted by Gasteiger charge is -2.06. The number of hydrogen-bond donors (Lipinski definition) is 1. The summed E-state index contributed by atoms with van der Waals surface area (Å²) in [6.07, 6.45) is 3.99. The molecule has 0 atom stereocenters. The summed E-state index contributed by atoms with van der Waals surface area (Å²) >= 11 is 0. The van der Waals surface area contributed by atoms with Gasteiger partial charge in [0.15, 0.2) is 0 Å². The van der Waals surface area contributed by atoms with Crippen LogP contribution in [0.4, 0.5) is 5.82 Å². The van der Waals surface area contributed by atoms with Crippen LogP contribution in [-0.2, 0) is 13.1 Å². The Morgan fingerprint density at radius 3 is 2.52 bits per heavy atom. The topological polar surface area (TPSA) is 47.7 Å². The highest BCUT2D eigenvalue weighted by Gasteiger charge is 2.06. The fourth-order valence-corrected chi connectivity index (χ4v) is 2.07. The van der Waals surface area contributed by atoms with Gasteiger partial charge in [-0.3, -0.25) is 9.36 Å².